The SMILES string of the molecule is COC(=O)/C(=C\C(O)(O)C#P=O)C(C)(O)O. The van der Waals surface area contributed by atoms with E-state index in [0.29, 0.717) is 6.08 Å². The Balaban J connectivity index is 5.50. The van der Waals surface area contributed by atoms with Crippen molar-refractivity contribution in [3.8, 4) is 5.63 Å². The Morgan fingerprint density at radius 3 is 2.19 bits per heavy atom. The summed E-state index contributed by atoms with van der Waals surface area (Å²) < 4.78 is 14.3. The summed E-state index contributed by atoms with van der Waals surface area (Å²) in [5.74, 6) is -6.66. The Hall–Kier alpha value is -0.940. The molecule has 0 aliphatic heterocycles. The van der Waals surface area contributed by atoms with Gasteiger partial charge < -0.3 is 0 Å². The number of aliphatic hydroxyl groups is 4. The topological polar surface area (TPSA) is 124 Å². The van der Waals surface area contributed by atoms with Crippen molar-refractivity contribution in [2.24, 2.45) is 0 Å². The van der Waals surface area contributed by atoms with Crippen LogP contribution < -0.4 is 0 Å². The Kier molecular flexibility index (Phi) is 5.09. The van der Waals surface area contributed by atoms with Crippen LogP contribution in [0.3, 0.4) is 0 Å². The van der Waals surface area contributed by atoms with E-state index in [1.54, 1.807) is 5.63 Å². The predicted octanol–water partition coefficient (Wildman–Crippen LogP) is -1.28. The summed E-state index contributed by atoms with van der Waals surface area (Å²) in [6.07, 6.45) is 0.365. The quantitative estimate of drug-likeness (QED) is 0.213. The zero-order valence-electron chi connectivity index (χ0n) is 8.54. The van der Waals surface area contributed by atoms with Crippen molar-refractivity contribution < 1.29 is 34.5 Å². The number of rotatable bonds is 3. The molecular weight excluding hydrogens is 239 g/mol. The van der Waals surface area contributed by atoms with Gasteiger partial charge in [-0.1, -0.05) is 0 Å². The third-order valence-corrected chi connectivity index (χ3v) is 1.89. The van der Waals surface area contributed by atoms with E-state index in [-0.39, 0.29) is 0 Å². The maximum absolute atomic E-state index is 11.1. The Morgan fingerprint density at radius 1 is 1.38 bits per heavy atom. The van der Waals surface area contributed by atoms with E-state index in [4.69, 9.17) is 20.4 Å². The van der Waals surface area contributed by atoms with Crippen LogP contribution in [0.1, 0.15) is 6.92 Å². The molecule has 0 fully saturated rings. The molecule has 0 saturated heterocycles. The molecule has 0 aliphatic carbocycles. The van der Waals surface area contributed by atoms with Gasteiger partial charge in [0.15, 0.2) is 0 Å². The number of carbonyl (C=O) groups excluding carboxylic acids is 1. The van der Waals surface area contributed by atoms with Crippen LogP contribution in [-0.2, 0) is 14.1 Å². The van der Waals surface area contributed by atoms with E-state index in [1.807, 2.05) is 0 Å². The van der Waals surface area contributed by atoms with Gasteiger partial charge in [0, 0.05) is 0 Å². The van der Waals surface area contributed by atoms with Crippen LogP contribution in [0, 0.1) is 5.63 Å². The average Bonchev–Trinajstić information content (AvgIpc) is 2.11. The van der Waals surface area contributed by atoms with Gasteiger partial charge in [-0.25, -0.2) is 0 Å². The fourth-order valence-electron chi connectivity index (χ4n) is 0.800. The van der Waals surface area contributed by atoms with E-state index < -0.39 is 31.0 Å². The van der Waals surface area contributed by atoms with Gasteiger partial charge >= 0.3 is 91.3 Å². The first-order valence-corrected chi connectivity index (χ1v) is 4.76. The minimum atomic E-state index is -2.85. The summed E-state index contributed by atoms with van der Waals surface area (Å²) in [4.78, 5) is 11.1. The molecule has 0 aliphatic rings. The standard InChI is InChI=1S/C8H11O7P/c1-7(10,11)5(6(9)15-2)3-8(12,13)4-16-14/h3,10-13H,1-2H3/b5-3+. The predicted molar refractivity (Wildman–Crippen MR) is 51.6 cm³/mol. The summed E-state index contributed by atoms with van der Waals surface area (Å²) in [7, 11) is 0.143. The van der Waals surface area contributed by atoms with Crippen molar-refractivity contribution in [2.75, 3.05) is 7.11 Å². The van der Waals surface area contributed by atoms with Crippen LogP contribution in [0.2, 0.25) is 0 Å². The van der Waals surface area contributed by atoms with Crippen molar-refractivity contribution in [3.63, 3.8) is 0 Å². The van der Waals surface area contributed by atoms with Crippen molar-refractivity contribution in [3.05, 3.63) is 11.6 Å². The molecule has 0 rings (SSSR count). The third kappa shape index (κ3) is 4.72. The molecule has 8 heteroatoms. The second-order valence-electron chi connectivity index (χ2n) is 3.00. The van der Waals surface area contributed by atoms with E-state index >= 15 is 0 Å². The molecule has 7 nitrogen and oxygen atoms in total. The first-order chi connectivity index (χ1) is 7.14. The van der Waals surface area contributed by atoms with Gasteiger partial charge in [-0.3, -0.25) is 0 Å². The molecule has 0 saturated carbocycles. The van der Waals surface area contributed by atoms with Crippen molar-refractivity contribution >= 4 is 13.9 Å². The Morgan fingerprint density at radius 2 is 1.88 bits per heavy atom. The fourth-order valence-corrected chi connectivity index (χ4v) is 0.999. The van der Waals surface area contributed by atoms with Crippen LogP contribution >= 0.6 is 7.92 Å². The zero-order chi connectivity index (χ0) is 13.0. The number of hydrogen-bond acceptors (Lipinski definition) is 7. The monoisotopic (exact) mass is 250 g/mol. The van der Waals surface area contributed by atoms with Crippen LogP contribution in [0.15, 0.2) is 11.6 Å². The van der Waals surface area contributed by atoms with Gasteiger partial charge in [0.05, 0.1) is 0 Å². The van der Waals surface area contributed by atoms with E-state index in [0.717, 1.165) is 14.0 Å². The van der Waals surface area contributed by atoms with Gasteiger partial charge in [0.2, 0.25) is 0 Å². The Labute approximate surface area is 92.1 Å². The van der Waals surface area contributed by atoms with Crippen LogP contribution in [-0.4, -0.2) is 45.1 Å². The molecule has 16 heavy (non-hydrogen) atoms. The summed E-state index contributed by atoms with van der Waals surface area (Å²) in [5, 5.41) is 36.6. The van der Waals surface area contributed by atoms with E-state index in [2.05, 4.69) is 4.74 Å². The number of ether oxygens (including phenoxy) is 1. The number of hydrogen-bond donors (Lipinski definition) is 4. The van der Waals surface area contributed by atoms with E-state index in [1.165, 1.54) is 0 Å². The number of methoxy groups -OCH3 is 1. The average molecular weight is 250 g/mol. The summed E-state index contributed by atoms with van der Waals surface area (Å²) in [6, 6.07) is 0. The van der Waals surface area contributed by atoms with Gasteiger partial charge in [0.25, 0.3) is 0 Å². The van der Waals surface area contributed by atoms with Crippen LogP contribution in [0.4, 0.5) is 0 Å². The van der Waals surface area contributed by atoms with Gasteiger partial charge in [-0.15, -0.1) is 0 Å². The molecule has 0 aromatic heterocycles. The molecule has 0 aromatic carbocycles. The third-order valence-electron chi connectivity index (χ3n) is 1.47. The molecule has 0 radical (unpaired) electrons. The molecule has 0 unspecified atom stereocenters. The van der Waals surface area contributed by atoms with E-state index in [9.17, 15) is 9.36 Å². The molecule has 90 valence electrons. The second-order valence-corrected chi connectivity index (χ2v) is 3.41. The first kappa shape index (κ1) is 15.1. The fraction of sp³-hybridized carbons (Fsp3) is 0.500. The molecule has 0 heterocycles. The first-order valence-electron chi connectivity index (χ1n) is 3.94. The van der Waals surface area contributed by atoms with Crippen molar-refractivity contribution in [1.82, 2.24) is 0 Å². The van der Waals surface area contributed by atoms with Crippen molar-refractivity contribution in [2.45, 2.75) is 18.5 Å². The summed E-state index contributed by atoms with van der Waals surface area (Å²) in [6.45, 7) is 0.820. The molecule has 0 bridgehead atoms. The molecular formula is C8H11O7P. The molecule has 0 atom stereocenters. The number of esters is 1. The van der Waals surface area contributed by atoms with Crippen LogP contribution in [0.25, 0.3) is 0 Å². The van der Waals surface area contributed by atoms with Gasteiger partial charge in [-0.2, -0.15) is 0 Å². The molecule has 0 aromatic rings. The van der Waals surface area contributed by atoms with Crippen LogP contribution in [0.5, 0.6) is 0 Å². The number of carbonyl (C=O) groups is 1. The summed E-state index contributed by atoms with van der Waals surface area (Å²) in [5.41, 5.74) is 0.802. The normalized spacial score (nSPS) is 13.0. The molecule has 4 N–H and O–H groups in total. The second kappa shape index (κ2) is 5.41. The zero-order valence-corrected chi connectivity index (χ0v) is 9.43. The molecule has 0 spiro atoms. The molecule has 0 amide bonds. The van der Waals surface area contributed by atoms with Crippen molar-refractivity contribution in [1.29, 1.82) is 0 Å². The summed E-state index contributed by atoms with van der Waals surface area (Å²) >= 11 is 0. The maximum atomic E-state index is 11.1. The van der Waals surface area contributed by atoms with Gasteiger partial charge in [-0.05, 0) is 0 Å². The van der Waals surface area contributed by atoms with Gasteiger partial charge in [0.1, 0.15) is 0 Å². The minimum absolute atomic E-state index is 0.365. The Bertz CT molecular complexity index is 398.